The van der Waals surface area contributed by atoms with Crippen molar-refractivity contribution in [2.45, 2.75) is 19.3 Å². The van der Waals surface area contributed by atoms with Gasteiger partial charge in [-0.3, -0.25) is 9.98 Å². The monoisotopic (exact) mass is 288 g/mol. The van der Waals surface area contributed by atoms with E-state index in [0.29, 0.717) is 0 Å². The topological polar surface area (TPSA) is 43.7 Å². The largest absolute Gasteiger partial charge is 0.384 e. The minimum absolute atomic E-state index is 0.747. The van der Waals surface area contributed by atoms with Gasteiger partial charge in [0.25, 0.3) is 0 Å². The van der Waals surface area contributed by atoms with Crippen molar-refractivity contribution in [2.75, 3.05) is 27.4 Å². The number of ether oxygens (including phenoxy) is 2. The van der Waals surface area contributed by atoms with Crippen LogP contribution in [0.25, 0.3) is 0 Å². The first-order chi connectivity index (χ1) is 10.4. The van der Waals surface area contributed by atoms with Crippen LogP contribution >= 0.6 is 0 Å². The highest BCUT2D eigenvalue weighted by atomic mass is 16.5. The zero-order valence-electron chi connectivity index (χ0n) is 12.9. The Morgan fingerprint density at radius 2 is 1.90 bits per heavy atom. The maximum Gasteiger partial charge on any atom is 0.0517 e. The molecule has 0 saturated heterocycles. The molecule has 0 spiro atoms. The Balaban J connectivity index is 0.000000211. The van der Waals surface area contributed by atoms with Gasteiger partial charge in [-0.2, -0.15) is 0 Å². The predicted molar refractivity (Wildman–Crippen MR) is 86.6 cm³/mol. The predicted octanol–water partition coefficient (Wildman–Crippen LogP) is 3.21. The van der Waals surface area contributed by atoms with Crippen molar-refractivity contribution in [3.05, 3.63) is 54.0 Å². The van der Waals surface area contributed by atoms with Gasteiger partial charge in [0.15, 0.2) is 0 Å². The summed E-state index contributed by atoms with van der Waals surface area (Å²) in [5.74, 6) is 0. The molecular weight excluding hydrogens is 264 g/mol. The van der Waals surface area contributed by atoms with Gasteiger partial charge >= 0.3 is 0 Å². The summed E-state index contributed by atoms with van der Waals surface area (Å²) in [7, 11) is 3.40. The second-order valence-electron chi connectivity index (χ2n) is 4.44. The summed E-state index contributed by atoms with van der Waals surface area (Å²) in [5, 5.41) is 0. The van der Waals surface area contributed by atoms with Crippen molar-refractivity contribution in [2.24, 2.45) is 4.99 Å². The minimum atomic E-state index is 0.747. The van der Waals surface area contributed by atoms with E-state index in [0.717, 1.165) is 43.9 Å². The first-order valence-electron chi connectivity index (χ1n) is 7.13. The number of methoxy groups -OCH3 is 2. The molecule has 0 N–H and O–H groups in total. The molecule has 2 rings (SSSR count). The third kappa shape index (κ3) is 8.89. The lowest BCUT2D eigenvalue weighted by Crippen LogP contribution is -1.95. The van der Waals surface area contributed by atoms with E-state index in [4.69, 9.17) is 9.47 Å². The number of allylic oxidation sites excluding steroid dienone is 3. The van der Waals surface area contributed by atoms with Crippen LogP contribution in [0.4, 0.5) is 0 Å². The summed E-state index contributed by atoms with van der Waals surface area (Å²) >= 11 is 0. The lowest BCUT2D eigenvalue weighted by Gasteiger charge is -1.98. The Hall–Kier alpha value is -1.78. The van der Waals surface area contributed by atoms with Gasteiger partial charge in [-0.25, -0.2) is 0 Å². The molecule has 0 unspecified atom stereocenters. The Morgan fingerprint density at radius 3 is 2.62 bits per heavy atom. The number of rotatable bonds is 6. The number of pyridine rings is 1. The molecule has 4 nitrogen and oxygen atoms in total. The summed E-state index contributed by atoms with van der Waals surface area (Å²) in [4.78, 5) is 8.37. The van der Waals surface area contributed by atoms with E-state index in [1.165, 1.54) is 0 Å². The van der Waals surface area contributed by atoms with E-state index in [2.05, 4.69) is 22.1 Å². The van der Waals surface area contributed by atoms with Crippen LogP contribution in [0, 0.1) is 0 Å². The van der Waals surface area contributed by atoms with Gasteiger partial charge in [0.1, 0.15) is 0 Å². The number of aliphatic imine (C=N–C) groups is 1. The van der Waals surface area contributed by atoms with Crippen LogP contribution in [0.2, 0.25) is 0 Å². The fourth-order valence-corrected chi connectivity index (χ4v) is 1.66. The average Bonchev–Trinajstić information content (AvgIpc) is 2.81. The number of hydrogen-bond acceptors (Lipinski definition) is 4. The summed E-state index contributed by atoms with van der Waals surface area (Å²) in [6, 6.07) is 5.90. The van der Waals surface area contributed by atoms with E-state index < -0.39 is 0 Å². The molecule has 0 amide bonds. The molecule has 0 aromatic carbocycles. The summed E-state index contributed by atoms with van der Waals surface area (Å²) in [6.45, 7) is 1.50. The molecule has 0 fully saturated rings. The molecule has 0 saturated carbocycles. The molecule has 1 aliphatic heterocycles. The fraction of sp³-hybridized carbons (Fsp3) is 0.412. The van der Waals surface area contributed by atoms with Crippen LogP contribution in [0.3, 0.4) is 0 Å². The zero-order chi connectivity index (χ0) is 15.2. The van der Waals surface area contributed by atoms with Crippen molar-refractivity contribution >= 4 is 6.21 Å². The van der Waals surface area contributed by atoms with Crippen LogP contribution in [0.1, 0.15) is 18.5 Å². The molecule has 0 atom stereocenters. The third-order valence-electron chi connectivity index (χ3n) is 2.80. The lowest BCUT2D eigenvalue weighted by molar-refractivity contribution is 0.201. The summed E-state index contributed by atoms with van der Waals surface area (Å²) in [5.41, 5.74) is 2.21. The van der Waals surface area contributed by atoms with Gasteiger partial charge < -0.3 is 9.47 Å². The smallest absolute Gasteiger partial charge is 0.0517 e. The average molecular weight is 288 g/mol. The summed E-state index contributed by atoms with van der Waals surface area (Å²) in [6.07, 6.45) is 12.6. The first-order valence-corrected chi connectivity index (χ1v) is 7.13. The summed E-state index contributed by atoms with van der Waals surface area (Å²) < 4.78 is 9.86. The van der Waals surface area contributed by atoms with Gasteiger partial charge in [-0.15, -0.1) is 0 Å². The highest BCUT2D eigenvalue weighted by Crippen LogP contribution is 2.06. The standard InChI is InChI=1S/C9H13NO.C8H11NO/c1-11-8-6-9-5-3-2-4-7-10-9;1-10-7-5-8-4-2-3-6-9-8/h2,4-5,7H,3,6,8H2,1H3;2-4,6H,5,7H2,1H3. The van der Waals surface area contributed by atoms with Gasteiger partial charge in [-0.1, -0.05) is 18.2 Å². The molecular formula is C17H24N2O2. The molecule has 4 heteroatoms. The molecule has 0 aliphatic carbocycles. The normalized spacial score (nSPS) is 13.1. The molecule has 0 bridgehead atoms. The fourth-order valence-electron chi connectivity index (χ4n) is 1.66. The van der Waals surface area contributed by atoms with Crippen molar-refractivity contribution in [3.63, 3.8) is 0 Å². The quantitative estimate of drug-likeness (QED) is 0.807. The molecule has 21 heavy (non-hydrogen) atoms. The Morgan fingerprint density at radius 1 is 1.10 bits per heavy atom. The Kier molecular flexibility index (Phi) is 9.87. The molecule has 0 radical (unpaired) electrons. The molecule has 2 heterocycles. The maximum absolute atomic E-state index is 4.95. The van der Waals surface area contributed by atoms with Crippen LogP contribution in [0.5, 0.6) is 0 Å². The van der Waals surface area contributed by atoms with Gasteiger partial charge in [0.05, 0.1) is 13.2 Å². The first kappa shape index (κ1) is 17.3. The van der Waals surface area contributed by atoms with Crippen LogP contribution in [0.15, 0.2) is 53.3 Å². The molecule has 1 aromatic rings. The van der Waals surface area contributed by atoms with Crippen LogP contribution in [-0.2, 0) is 15.9 Å². The second kappa shape index (κ2) is 12.0. The van der Waals surface area contributed by atoms with E-state index in [-0.39, 0.29) is 0 Å². The van der Waals surface area contributed by atoms with E-state index >= 15 is 0 Å². The van der Waals surface area contributed by atoms with E-state index in [9.17, 15) is 0 Å². The molecule has 1 aliphatic rings. The van der Waals surface area contributed by atoms with Crippen LogP contribution < -0.4 is 0 Å². The van der Waals surface area contributed by atoms with Crippen LogP contribution in [-0.4, -0.2) is 38.6 Å². The third-order valence-corrected chi connectivity index (χ3v) is 2.80. The van der Waals surface area contributed by atoms with E-state index in [1.807, 2.05) is 30.5 Å². The highest BCUT2D eigenvalue weighted by Gasteiger charge is 1.93. The molecule has 1 aromatic heterocycles. The van der Waals surface area contributed by atoms with Crippen molar-refractivity contribution < 1.29 is 9.47 Å². The van der Waals surface area contributed by atoms with Gasteiger partial charge in [-0.05, 0) is 24.6 Å². The zero-order valence-corrected chi connectivity index (χ0v) is 12.9. The molecule has 114 valence electrons. The number of nitrogens with zero attached hydrogens (tertiary/aromatic N) is 2. The SMILES string of the molecule is COCCC1=CCC=CC=N1.COCCc1ccccn1. The van der Waals surface area contributed by atoms with E-state index in [1.54, 1.807) is 20.4 Å². The second-order valence-corrected chi connectivity index (χ2v) is 4.44. The Labute approximate surface area is 127 Å². The highest BCUT2D eigenvalue weighted by molar-refractivity contribution is 5.72. The van der Waals surface area contributed by atoms with Gasteiger partial charge in [0, 0.05) is 50.9 Å². The minimum Gasteiger partial charge on any atom is -0.384 e. The van der Waals surface area contributed by atoms with Crippen molar-refractivity contribution in [1.29, 1.82) is 0 Å². The lowest BCUT2D eigenvalue weighted by atomic mass is 10.3. The number of aromatic nitrogens is 1. The maximum atomic E-state index is 4.95. The van der Waals surface area contributed by atoms with Crippen molar-refractivity contribution in [3.8, 4) is 0 Å². The number of hydrogen-bond donors (Lipinski definition) is 0. The van der Waals surface area contributed by atoms with Gasteiger partial charge in [0.2, 0.25) is 0 Å². The Bertz CT molecular complexity index is 453. The van der Waals surface area contributed by atoms with Crippen molar-refractivity contribution in [1.82, 2.24) is 4.98 Å².